The summed E-state index contributed by atoms with van der Waals surface area (Å²) in [6.45, 7) is 5.79. The minimum absolute atomic E-state index is 0.303. The second-order valence-corrected chi connectivity index (χ2v) is 5.42. The van der Waals surface area contributed by atoms with E-state index in [1.54, 1.807) is 6.92 Å². The van der Waals surface area contributed by atoms with Gasteiger partial charge in [-0.1, -0.05) is 25.2 Å². The number of hydrogen-bond acceptors (Lipinski definition) is 5. The highest BCUT2D eigenvalue weighted by atomic mass is 32.1. The van der Waals surface area contributed by atoms with Crippen LogP contribution in [0.5, 0.6) is 0 Å². The van der Waals surface area contributed by atoms with Crippen LogP contribution in [0.2, 0.25) is 0 Å². The lowest BCUT2D eigenvalue weighted by molar-refractivity contribution is -0.120. The average Bonchev–Trinajstić information content (AvgIpc) is 2.73. The van der Waals surface area contributed by atoms with Gasteiger partial charge in [0.1, 0.15) is 5.01 Å². The molecule has 17 heavy (non-hydrogen) atoms. The van der Waals surface area contributed by atoms with E-state index in [1.807, 2.05) is 0 Å². The second kappa shape index (κ2) is 4.37. The van der Waals surface area contributed by atoms with Gasteiger partial charge in [0.05, 0.1) is 0 Å². The first kappa shape index (κ1) is 11.9. The van der Waals surface area contributed by atoms with Crippen LogP contribution in [-0.2, 0) is 16.0 Å². The van der Waals surface area contributed by atoms with Crippen LogP contribution in [0, 0.1) is 5.92 Å². The quantitative estimate of drug-likeness (QED) is 0.765. The first-order chi connectivity index (χ1) is 7.99. The summed E-state index contributed by atoms with van der Waals surface area (Å²) in [6, 6.07) is 0. The van der Waals surface area contributed by atoms with Crippen molar-refractivity contribution in [3.05, 3.63) is 16.7 Å². The van der Waals surface area contributed by atoms with Crippen molar-refractivity contribution in [2.75, 3.05) is 4.90 Å². The maximum Gasteiger partial charge on any atom is 0.263 e. The van der Waals surface area contributed by atoms with Crippen LogP contribution in [0.3, 0.4) is 0 Å². The van der Waals surface area contributed by atoms with Gasteiger partial charge in [-0.25, -0.2) is 4.90 Å². The molecule has 6 heteroatoms. The van der Waals surface area contributed by atoms with Gasteiger partial charge < -0.3 is 0 Å². The van der Waals surface area contributed by atoms with Gasteiger partial charge in [-0.3, -0.25) is 9.59 Å². The average molecular weight is 251 g/mol. The van der Waals surface area contributed by atoms with Gasteiger partial charge in [-0.2, -0.15) is 0 Å². The number of amides is 2. The Balaban J connectivity index is 2.22. The predicted molar refractivity (Wildman–Crippen MR) is 64.7 cm³/mol. The van der Waals surface area contributed by atoms with Crippen LogP contribution < -0.4 is 4.90 Å². The maximum atomic E-state index is 11.7. The number of carbonyl (C=O) groups excluding carboxylic acids is 2. The van der Waals surface area contributed by atoms with Crippen LogP contribution >= 0.6 is 11.3 Å². The Labute approximate surface area is 103 Å². The summed E-state index contributed by atoms with van der Waals surface area (Å²) in [7, 11) is 0. The molecule has 0 aromatic carbocycles. The van der Waals surface area contributed by atoms with Gasteiger partial charge in [-0.05, 0) is 12.8 Å². The van der Waals surface area contributed by atoms with E-state index < -0.39 is 0 Å². The van der Waals surface area contributed by atoms with Crippen molar-refractivity contribution in [2.45, 2.75) is 27.2 Å². The molecule has 1 aliphatic heterocycles. The Bertz CT molecular complexity index is 505. The number of carbonyl (C=O) groups is 2. The summed E-state index contributed by atoms with van der Waals surface area (Å²) in [5.74, 6) is -0.164. The molecule has 0 saturated carbocycles. The molecule has 0 spiro atoms. The molecule has 90 valence electrons. The van der Waals surface area contributed by atoms with E-state index in [0.29, 0.717) is 16.6 Å². The van der Waals surface area contributed by atoms with Gasteiger partial charge in [0.2, 0.25) is 5.13 Å². The number of anilines is 1. The fraction of sp³-hybridized carbons (Fsp3) is 0.455. The van der Waals surface area contributed by atoms with Crippen molar-refractivity contribution in [1.29, 1.82) is 0 Å². The van der Waals surface area contributed by atoms with Crippen LogP contribution in [-0.4, -0.2) is 22.0 Å². The molecule has 0 aliphatic carbocycles. The minimum atomic E-state index is -0.334. The summed E-state index contributed by atoms with van der Waals surface area (Å²) in [6.07, 6.45) is 2.13. The molecule has 1 aromatic rings. The SMILES string of the molecule is CC1=CC(=O)N(c2nnc(CC(C)C)s2)C1=O. The first-order valence-corrected chi connectivity index (χ1v) is 6.19. The molecular formula is C11H13N3O2S. The Kier molecular flexibility index (Phi) is 3.06. The van der Waals surface area contributed by atoms with Crippen molar-refractivity contribution in [3.63, 3.8) is 0 Å². The van der Waals surface area contributed by atoms with E-state index in [-0.39, 0.29) is 11.8 Å². The molecular weight excluding hydrogens is 238 g/mol. The largest absolute Gasteiger partial charge is 0.269 e. The van der Waals surface area contributed by atoms with E-state index in [1.165, 1.54) is 17.4 Å². The fourth-order valence-corrected chi connectivity index (χ4v) is 2.59. The summed E-state index contributed by atoms with van der Waals surface area (Å²) in [5, 5.41) is 9.11. The zero-order valence-electron chi connectivity index (χ0n) is 9.93. The Morgan fingerprint density at radius 2 is 2.06 bits per heavy atom. The van der Waals surface area contributed by atoms with E-state index in [9.17, 15) is 9.59 Å². The number of imide groups is 1. The Morgan fingerprint density at radius 3 is 2.59 bits per heavy atom. The van der Waals surface area contributed by atoms with Crippen LogP contribution in [0.25, 0.3) is 0 Å². The lowest BCUT2D eigenvalue weighted by Crippen LogP contribution is -2.30. The van der Waals surface area contributed by atoms with Crippen LogP contribution in [0.1, 0.15) is 25.8 Å². The minimum Gasteiger partial charge on any atom is -0.269 e. The topological polar surface area (TPSA) is 63.2 Å². The number of nitrogens with zero attached hydrogens (tertiary/aromatic N) is 3. The summed E-state index contributed by atoms with van der Waals surface area (Å²) < 4.78 is 0. The summed E-state index contributed by atoms with van der Waals surface area (Å²) in [5.41, 5.74) is 0.440. The molecule has 2 heterocycles. The van der Waals surface area contributed by atoms with Crippen molar-refractivity contribution in [1.82, 2.24) is 10.2 Å². The monoisotopic (exact) mass is 251 g/mol. The Hall–Kier alpha value is -1.56. The Morgan fingerprint density at radius 1 is 1.35 bits per heavy atom. The third kappa shape index (κ3) is 2.26. The molecule has 0 radical (unpaired) electrons. The van der Waals surface area contributed by atoms with Gasteiger partial charge in [-0.15, -0.1) is 10.2 Å². The number of aromatic nitrogens is 2. The van der Waals surface area contributed by atoms with Gasteiger partial charge >= 0.3 is 0 Å². The molecule has 1 aliphatic rings. The predicted octanol–water partition coefficient (Wildman–Crippen LogP) is 1.56. The molecule has 0 atom stereocenters. The van der Waals surface area contributed by atoms with E-state index >= 15 is 0 Å². The molecule has 0 saturated heterocycles. The summed E-state index contributed by atoms with van der Waals surface area (Å²) >= 11 is 1.30. The van der Waals surface area contributed by atoms with E-state index in [4.69, 9.17) is 0 Å². The molecule has 5 nitrogen and oxygen atoms in total. The van der Waals surface area contributed by atoms with Crippen LogP contribution in [0.15, 0.2) is 11.6 Å². The first-order valence-electron chi connectivity index (χ1n) is 5.38. The maximum absolute atomic E-state index is 11.7. The fourth-order valence-electron chi connectivity index (χ4n) is 1.54. The molecule has 2 rings (SSSR count). The van der Waals surface area contributed by atoms with Crippen molar-refractivity contribution >= 4 is 28.3 Å². The van der Waals surface area contributed by atoms with E-state index in [2.05, 4.69) is 24.0 Å². The standard InChI is InChI=1S/C11H13N3O2S/c1-6(2)4-8-12-13-11(17-8)14-9(15)5-7(3)10(14)16/h5-6H,4H2,1-3H3. The molecule has 0 fully saturated rings. The lowest BCUT2D eigenvalue weighted by Gasteiger charge is -2.08. The second-order valence-electron chi connectivity index (χ2n) is 4.38. The molecule has 0 unspecified atom stereocenters. The normalized spacial score (nSPS) is 16.0. The van der Waals surface area contributed by atoms with Gasteiger partial charge in [0.15, 0.2) is 0 Å². The summed E-state index contributed by atoms with van der Waals surface area (Å²) in [4.78, 5) is 24.4. The highest BCUT2D eigenvalue weighted by molar-refractivity contribution is 7.15. The number of rotatable bonds is 3. The highest BCUT2D eigenvalue weighted by Crippen LogP contribution is 2.26. The molecule has 1 aromatic heterocycles. The molecule has 0 bridgehead atoms. The van der Waals surface area contributed by atoms with Crippen molar-refractivity contribution in [3.8, 4) is 0 Å². The highest BCUT2D eigenvalue weighted by Gasteiger charge is 2.32. The smallest absolute Gasteiger partial charge is 0.263 e. The van der Waals surface area contributed by atoms with Gasteiger partial charge in [0.25, 0.3) is 11.8 Å². The zero-order valence-corrected chi connectivity index (χ0v) is 10.7. The molecule has 0 N–H and O–H groups in total. The zero-order chi connectivity index (χ0) is 12.6. The van der Waals surface area contributed by atoms with Crippen molar-refractivity contribution < 1.29 is 9.59 Å². The van der Waals surface area contributed by atoms with Crippen LogP contribution in [0.4, 0.5) is 5.13 Å². The third-order valence-electron chi connectivity index (χ3n) is 2.33. The lowest BCUT2D eigenvalue weighted by atomic mass is 10.1. The van der Waals surface area contributed by atoms with E-state index in [0.717, 1.165) is 16.3 Å². The van der Waals surface area contributed by atoms with Crippen molar-refractivity contribution in [2.24, 2.45) is 5.92 Å². The van der Waals surface area contributed by atoms with Gasteiger partial charge in [0, 0.05) is 18.1 Å². The number of hydrogen-bond donors (Lipinski definition) is 0. The third-order valence-corrected chi connectivity index (χ3v) is 3.26. The molecule has 2 amide bonds.